The van der Waals surface area contributed by atoms with E-state index in [0.717, 1.165) is 26.2 Å². The Labute approximate surface area is 98.1 Å². The van der Waals surface area contributed by atoms with E-state index in [0.29, 0.717) is 26.4 Å². The zero-order valence-corrected chi connectivity index (χ0v) is 10.4. The fourth-order valence-electron chi connectivity index (χ4n) is 1.13. The Morgan fingerprint density at radius 1 is 1.19 bits per heavy atom. The molecular weight excluding hydrogens is 210 g/mol. The van der Waals surface area contributed by atoms with Crippen molar-refractivity contribution in [2.45, 2.75) is 19.4 Å². The van der Waals surface area contributed by atoms with Gasteiger partial charge in [0.25, 0.3) is 0 Å². The van der Waals surface area contributed by atoms with Gasteiger partial charge in [-0.25, -0.2) is 0 Å². The fraction of sp³-hybridized carbons (Fsp3) is 1.00. The first-order valence-corrected chi connectivity index (χ1v) is 5.84. The molecule has 5 nitrogen and oxygen atoms in total. The average molecular weight is 235 g/mol. The van der Waals surface area contributed by atoms with Gasteiger partial charge in [-0.2, -0.15) is 0 Å². The van der Waals surface area contributed by atoms with Gasteiger partial charge in [0.2, 0.25) is 0 Å². The van der Waals surface area contributed by atoms with E-state index in [9.17, 15) is 5.11 Å². The smallest absolute Gasteiger partial charge is 0.0897 e. The van der Waals surface area contributed by atoms with Gasteiger partial charge in [-0.05, 0) is 19.9 Å². The van der Waals surface area contributed by atoms with Crippen molar-refractivity contribution in [3.63, 3.8) is 0 Å². The first-order chi connectivity index (χ1) is 7.81. The first-order valence-electron chi connectivity index (χ1n) is 5.84. The van der Waals surface area contributed by atoms with Crippen molar-refractivity contribution >= 4 is 0 Å². The monoisotopic (exact) mass is 235 g/mol. The lowest BCUT2D eigenvalue weighted by atomic mass is 10.3. The Morgan fingerprint density at radius 2 is 2.00 bits per heavy atom. The van der Waals surface area contributed by atoms with Crippen LogP contribution in [0.1, 0.15) is 13.3 Å². The van der Waals surface area contributed by atoms with Crippen molar-refractivity contribution in [2.24, 2.45) is 0 Å². The van der Waals surface area contributed by atoms with Crippen molar-refractivity contribution in [1.29, 1.82) is 0 Å². The molecule has 0 aliphatic rings. The van der Waals surface area contributed by atoms with Crippen LogP contribution in [0.5, 0.6) is 0 Å². The zero-order chi connectivity index (χ0) is 12.1. The molecule has 1 atom stereocenters. The summed E-state index contributed by atoms with van der Waals surface area (Å²) in [7, 11) is 1.62. The third-order valence-electron chi connectivity index (χ3n) is 1.97. The maximum atomic E-state index is 9.49. The standard InChI is InChI=1S/C11H25NO4/c1-3-15-6-4-5-12-9-11(13)10-16-8-7-14-2/h11-13H,3-10H2,1-2H3. The molecule has 1 unspecified atom stereocenters. The predicted octanol–water partition coefficient (Wildman–Crippen LogP) is 0.0265. The molecule has 0 aliphatic carbocycles. The molecule has 0 saturated heterocycles. The maximum absolute atomic E-state index is 9.49. The molecule has 0 amide bonds. The number of rotatable bonds is 12. The third-order valence-corrected chi connectivity index (χ3v) is 1.97. The lowest BCUT2D eigenvalue weighted by Crippen LogP contribution is -2.31. The van der Waals surface area contributed by atoms with Crippen molar-refractivity contribution < 1.29 is 19.3 Å². The summed E-state index contributed by atoms with van der Waals surface area (Å²) < 4.78 is 15.2. The van der Waals surface area contributed by atoms with E-state index >= 15 is 0 Å². The van der Waals surface area contributed by atoms with Gasteiger partial charge in [0.15, 0.2) is 0 Å². The predicted molar refractivity (Wildman–Crippen MR) is 62.7 cm³/mol. The Morgan fingerprint density at radius 3 is 2.69 bits per heavy atom. The van der Waals surface area contributed by atoms with Crippen LogP contribution in [-0.2, 0) is 14.2 Å². The average Bonchev–Trinajstić information content (AvgIpc) is 2.29. The minimum absolute atomic E-state index is 0.349. The van der Waals surface area contributed by atoms with Crippen molar-refractivity contribution in [1.82, 2.24) is 5.32 Å². The fourth-order valence-corrected chi connectivity index (χ4v) is 1.13. The highest BCUT2D eigenvalue weighted by molar-refractivity contribution is 4.58. The van der Waals surface area contributed by atoms with Crippen LogP contribution in [0, 0.1) is 0 Å². The summed E-state index contributed by atoms with van der Waals surface area (Å²) >= 11 is 0. The molecule has 2 N–H and O–H groups in total. The highest BCUT2D eigenvalue weighted by Gasteiger charge is 2.02. The number of hydrogen-bond donors (Lipinski definition) is 2. The first kappa shape index (κ1) is 15.8. The van der Waals surface area contributed by atoms with Crippen LogP contribution in [0.2, 0.25) is 0 Å². The van der Waals surface area contributed by atoms with Crippen LogP contribution in [-0.4, -0.2) is 64.4 Å². The molecule has 16 heavy (non-hydrogen) atoms. The number of ether oxygens (including phenoxy) is 3. The van der Waals surface area contributed by atoms with Crippen molar-refractivity contribution in [3.05, 3.63) is 0 Å². The molecule has 0 bridgehead atoms. The van der Waals surface area contributed by atoms with Gasteiger partial charge in [0.1, 0.15) is 0 Å². The molecule has 0 rings (SSSR count). The molecule has 0 spiro atoms. The van der Waals surface area contributed by atoms with Gasteiger partial charge in [-0.3, -0.25) is 0 Å². The molecule has 0 aliphatic heterocycles. The normalized spacial score (nSPS) is 12.9. The Bertz CT molecular complexity index is 135. The van der Waals surface area contributed by atoms with Crippen molar-refractivity contribution in [2.75, 3.05) is 53.2 Å². The highest BCUT2D eigenvalue weighted by Crippen LogP contribution is 1.85. The molecule has 0 aromatic carbocycles. The summed E-state index contributed by atoms with van der Waals surface area (Å²) in [6.45, 7) is 6.36. The summed E-state index contributed by atoms with van der Waals surface area (Å²) in [5, 5.41) is 12.6. The second-order valence-electron chi connectivity index (χ2n) is 3.48. The molecule has 0 heterocycles. The van der Waals surface area contributed by atoms with Crippen molar-refractivity contribution in [3.8, 4) is 0 Å². The van der Waals surface area contributed by atoms with Gasteiger partial charge >= 0.3 is 0 Å². The van der Waals surface area contributed by atoms with Gasteiger partial charge in [-0.1, -0.05) is 0 Å². The van der Waals surface area contributed by atoms with E-state index < -0.39 is 6.10 Å². The molecule has 98 valence electrons. The van der Waals surface area contributed by atoms with Crippen LogP contribution >= 0.6 is 0 Å². The minimum Gasteiger partial charge on any atom is -0.389 e. The van der Waals surface area contributed by atoms with Crippen LogP contribution < -0.4 is 5.32 Å². The van der Waals surface area contributed by atoms with E-state index in [1.165, 1.54) is 0 Å². The van der Waals surface area contributed by atoms with Gasteiger partial charge in [0.05, 0.1) is 25.9 Å². The molecular formula is C11H25NO4. The van der Waals surface area contributed by atoms with E-state index in [1.54, 1.807) is 7.11 Å². The Balaban J connectivity index is 3.08. The summed E-state index contributed by atoms with van der Waals surface area (Å²) in [4.78, 5) is 0. The third kappa shape index (κ3) is 11.9. The minimum atomic E-state index is -0.455. The molecule has 0 radical (unpaired) electrons. The number of nitrogens with one attached hydrogen (secondary N) is 1. The quantitative estimate of drug-likeness (QED) is 0.467. The largest absolute Gasteiger partial charge is 0.389 e. The Hall–Kier alpha value is -0.200. The van der Waals surface area contributed by atoms with E-state index in [4.69, 9.17) is 14.2 Å². The summed E-state index contributed by atoms with van der Waals surface area (Å²) in [6, 6.07) is 0. The number of aliphatic hydroxyl groups is 1. The summed E-state index contributed by atoms with van der Waals surface area (Å²) in [5.41, 5.74) is 0. The molecule has 0 fully saturated rings. The zero-order valence-electron chi connectivity index (χ0n) is 10.4. The van der Waals surface area contributed by atoms with Crippen LogP contribution in [0.15, 0.2) is 0 Å². The van der Waals surface area contributed by atoms with Crippen LogP contribution in [0.25, 0.3) is 0 Å². The number of methoxy groups -OCH3 is 1. The highest BCUT2D eigenvalue weighted by atomic mass is 16.5. The van der Waals surface area contributed by atoms with Gasteiger partial charge in [-0.15, -0.1) is 0 Å². The lowest BCUT2D eigenvalue weighted by Gasteiger charge is -2.12. The molecule has 0 aromatic rings. The molecule has 0 saturated carbocycles. The summed E-state index contributed by atoms with van der Waals surface area (Å²) in [5.74, 6) is 0. The second-order valence-corrected chi connectivity index (χ2v) is 3.48. The number of hydrogen-bond acceptors (Lipinski definition) is 5. The Kier molecular flexibility index (Phi) is 12.7. The second kappa shape index (κ2) is 12.9. The van der Waals surface area contributed by atoms with Gasteiger partial charge < -0.3 is 24.6 Å². The van der Waals surface area contributed by atoms with E-state index in [-0.39, 0.29) is 0 Å². The summed E-state index contributed by atoms with van der Waals surface area (Å²) in [6.07, 6.45) is 0.509. The van der Waals surface area contributed by atoms with E-state index in [2.05, 4.69) is 5.32 Å². The number of aliphatic hydroxyl groups excluding tert-OH is 1. The lowest BCUT2D eigenvalue weighted by molar-refractivity contribution is 0.0137. The van der Waals surface area contributed by atoms with Crippen LogP contribution in [0.4, 0.5) is 0 Å². The molecule has 0 aromatic heterocycles. The van der Waals surface area contributed by atoms with E-state index in [1.807, 2.05) is 6.92 Å². The maximum Gasteiger partial charge on any atom is 0.0897 e. The van der Waals surface area contributed by atoms with Gasteiger partial charge in [0, 0.05) is 26.9 Å². The van der Waals surface area contributed by atoms with Crippen LogP contribution in [0.3, 0.4) is 0 Å². The SMILES string of the molecule is CCOCCCNCC(O)COCCOC. The molecule has 5 heteroatoms. The topological polar surface area (TPSA) is 60.0 Å².